The molecule has 21 heavy (non-hydrogen) atoms. The Balaban J connectivity index is 1.99. The molecular weight excluding hydrogens is 258 g/mol. The fourth-order valence-corrected chi connectivity index (χ4v) is 2.11. The molecule has 0 spiro atoms. The van der Waals surface area contributed by atoms with E-state index in [1.54, 1.807) is 0 Å². The Hall–Kier alpha value is -1.96. The zero-order valence-electron chi connectivity index (χ0n) is 13.4. The highest BCUT2D eigenvalue weighted by molar-refractivity contribution is 5.48. The molecule has 2 rings (SSSR count). The third kappa shape index (κ3) is 4.52. The molecule has 0 aliphatic rings. The van der Waals surface area contributed by atoms with E-state index in [1.807, 2.05) is 12.1 Å². The van der Waals surface area contributed by atoms with Crippen molar-refractivity contribution in [1.29, 1.82) is 0 Å². The van der Waals surface area contributed by atoms with Gasteiger partial charge in [-0.15, -0.1) is 0 Å². The van der Waals surface area contributed by atoms with Gasteiger partial charge in [-0.1, -0.05) is 31.2 Å². The van der Waals surface area contributed by atoms with Gasteiger partial charge in [0, 0.05) is 18.3 Å². The number of nitrogens with one attached hydrogen (secondary N) is 1. The molecule has 2 aromatic rings. The quantitative estimate of drug-likeness (QED) is 0.797. The minimum Gasteiger partial charge on any atom is -0.491 e. The van der Waals surface area contributed by atoms with Crippen molar-refractivity contribution in [2.45, 2.75) is 46.8 Å². The van der Waals surface area contributed by atoms with Crippen molar-refractivity contribution in [3.63, 3.8) is 0 Å². The second-order valence-corrected chi connectivity index (χ2v) is 5.64. The van der Waals surface area contributed by atoms with E-state index >= 15 is 0 Å². The van der Waals surface area contributed by atoms with Gasteiger partial charge in [0.15, 0.2) is 0 Å². The molecule has 0 radical (unpaired) electrons. The van der Waals surface area contributed by atoms with Crippen molar-refractivity contribution in [3.8, 4) is 5.75 Å². The van der Waals surface area contributed by atoms with Crippen LogP contribution in [0.5, 0.6) is 5.75 Å². The van der Waals surface area contributed by atoms with E-state index in [4.69, 9.17) is 4.74 Å². The fourth-order valence-electron chi connectivity index (χ4n) is 2.11. The van der Waals surface area contributed by atoms with Crippen LogP contribution in [0.25, 0.3) is 0 Å². The van der Waals surface area contributed by atoms with Gasteiger partial charge in [0.1, 0.15) is 5.75 Å². The van der Waals surface area contributed by atoms with E-state index in [-0.39, 0.29) is 6.10 Å². The highest BCUT2D eigenvalue weighted by Crippen LogP contribution is 2.20. The Morgan fingerprint density at radius 1 is 1.05 bits per heavy atom. The first-order chi connectivity index (χ1) is 10.1. The van der Waals surface area contributed by atoms with Gasteiger partial charge in [-0.25, -0.2) is 0 Å². The maximum atomic E-state index is 5.85. The third-order valence-corrected chi connectivity index (χ3v) is 3.81. The van der Waals surface area contributed by atoms with E-state index in [0.29, 0.717) is 0 Å². The number of hydrogen-bond donors (Lipinski definition) is 1. The molecule has 1 unspecified atom stereocenters. The molecule has 0 aliphatic heterocycles. The number of benzene rings is 2. The van der Waals surface area contributed by atoms with E-state index < -0.39 is 0 Å². The van der Waals surface area contributed by atoms with Gasteiger partial charge >= 0.3 is 0 Å². The van der Waals surface area contributed by atoms with E-state index in [1.165, 1.54) is 16.7 Å². The lowest BCUT2D eigenvalue weighted by atomic mass is 10.1. The normalized spacial score (nSPS) is 12.0. The summed E-state index contributed by atoms with van der Waals surface area (Å²) in [7, 11) is 0. The highest BCUT2D eigenvalue weighted by atomic mass is 16.5. The number of anilines is 1. The maximum absolute atomic E-state index is 5.85. The predicted molar refractivity (Wildman–Crippen MR) is 90.1 cm³/mol. The monoisotopic (exact) mass is 283 g/mol. The topological polar surface area (TPSA) is 21.3 Å². The number of hydrogen-bond acceptors (Lipinski definition) is 2. The molecule has 0 aromatic heterocycles. The highest BCUT2D eigenvalue weighted by Gasteiger charge is 2.02. The van der Waals surface area contributed by atoms with Gasteiger partial charge in [0.2, 0.25) is 0 Å². The van der Waals surface area contributed by atoms with Crippen LogP contribution in [0.4, 0.5) is 5.69 Å². The molecule has 0 heterocycles. The van der Waals surface area contributed by atoms with E-state index in [2.05, 4.69) is 63.3 Å². The summed E-state index contributed by atoms with van der Waals surface area (Å²) in [5.74, 6) is 0.925. The fraction of sp³-hybridized carbons (Fsp3) is 0.368. The number of aryl methyl sites for hydroxylation is 2. The molecule has 2 heteroatoms. The Morgan fingerprint density at radius 2 is 1.86 bits per heavy atom. The van der Waals surface area contributed by atoms with Crippen LogP contribution in [0.3, 0.4) is 0 Å². The lowest BCUT2D eigenvalue weighted by Crippen LogP contribution is -2.09. The first-order valence-corrected chi connectivity index (χ1v) is 7.65. The standard InChI is InChI=1S/C19H25NO/c1-5-16(4)21-19-8-6-7-18(12-19)20-13-17-10-9-14(2)15(3)11-17/h6-12,16,20H,5,13H2,1-4H3. The van der Waals surface area contributed by atoms with Gasteiger partial charge in [0.25, 0.3) is 0 Å². The summed E-state index contributed by atoms with van der Waals surface area (Å²) in [6, 6.07) is 14.8. The van der Waals surface area contributed by atoms with Crippen LogP contribution in [0.2, 0.25) is 0 Å². The Labute approximate surface area is 128 Å². The van der Waals surface area contributed by atoms with Crippen LogP contribution in [0.15, 0.2) is 42.5 Å². The molecule has 0 bridgehead atoms. The first-order valence-electron chi connectivity index (χ1n) is 7.65. The van der Waals surface area contributed by atoms with E-state index in [9.17, 15) is 0 Å². The number of rotatable bonds is 6. The summed E-state index contributed by atoms with van der Waals surface area (Å²) in [5.41, 5.74) is 5.06. The van der Waals surface area contributed by atoms with Crippen molar-refractivity contribution in [2.75, 3.05) is 5.32 Å². The second-order valence-electron chi connectivity index (χ2n) is 5.64. The molecule has 1 N–H and O–H groups in total. The molecule has 2 aromatic carbocycles. The van der Waals surface area contributed by atoms with Crippen LogP contribution in [-0.4, -0.2) is 6.10 Å². The molecule has 0 amide bonds. The average Bonchev–Trinajstić information content (AvgIpc) is 2.49. The van der Waals surface area contributed by atoms with Crippen molar-refractivity contribution < 1.29 is 4.74 Å². The minimum absolute atomic E-state index is 0.250. The smallest absolute Gasteiger partial charge is 0.121 e. The molecule has 0 saturated heterocycles. The SMILES string of the molecule is CCC(C)Oc1cccc(NCc2ccc(C)c(C)c2)c1. The predicted octanol–water partition coefficient (Wildman–Crippen LogP) is 5.09. The largest absolute Gasteiger partial charge is 0.491 e. The molecule has 0 fully saturated rings. The van der Waals surface area contributed by atoms with Gasteiger partial charge in [-0.05, 0) is 56.0 Å². The summed E-state index contributed by atoms with van der Waals surface area (Å²) < 4.78 is 5.85. The van der Waals surface area contributed by atoms with Gasteiger partial charge in [-0.3, -0.25) is 0 Å². The molecule has 2 nitrogen and oxygen atoms in total. The maximum Gasteiger partial charge on any atom is 0.121 e. The van der Waals surface area contributed by atoms with Crippen molar-refractivity contribution in [1.82, 2.24) is 0 Å². The summed E-state index contributed by atoms with van der Waals surface area (Å²) in [6.45, 7) is 9.34. The average molecular weight is 283 g/mol. The van der Waals surface area contributed by atoms with Crippen molar-refractivity contribution >= 4 is 5.69 Å². The minimum atomic E-state index is 0.250. The summed E-state index contributed by atoms with van der Waals surface area (Å²) >= 11 is 0. The molecular formula is C19H25NO. The van der Waals surface area contributed by atoms with Gasteiger partial charge in [-0.2, -0.15) is 0 Å². The molecule has 0 saturated carbocycles. The van der Waals surface area contributed by atoms with Crippen LogP contribution < -0.4 is 10.1 Å². The Kier molecular flexibility index (Phi) is 5.26. The zero-order chi connectivity index (χ0) is 15.2. The van der Waals surface area contributed by atoms with Crippen molar-refractivity contribution in [3.05, 3.63) is 59.2 Å². The second kappa shape index (κ2) is 7.16. The molecule has 1 atom stereocenters. The van der Waals surface area contributed by atoms with Gasteiger partial charge in [0.05, 0.1) is 6.10 Å². The Bertz CT molecular complexity index is 592. The van der Waals surface area contributed by atoms with E-state index in [0.717, 1.165) is 24.4 Å². The summed E-state index contributed by atoms with van der Waals surface area (Å²) in [6.07, 6.45) is 1.26. The summed E-state index contributed by atoms with van der Waals surface area (Å²) in [4.78, 5) is 0. The number of ether oxygens (including phenoxy) is 1. The Morgan fingerprint density at radius 3 is 2.57 bits per heavy atom. The van der Waals surface area contributed by atoms with Crippen LogP contribution in [0, 0.1) is 13.8 Å². The lowest BCUT2D eigenvalue weighted by molar-refractivity contribution is 0.217. The summed E-state index contributed by atoms with van der Waals surface area (Å²) in [5, 5.41) is 3.46. The molecule has 0 aliphatic carbocycles. The van der Waals surface area contributed by atoms with Crippen LogP contribution in [0.1, 0.15) is 37.0 Å². The lowest BCUT2D eigenvalue weighted by Gasteiger charge is -2.14. The first kappa shape index (κ1) is 15.4. The third-order valence-electron chi connectivity index (χ3n) is 3.81. The zero-order valence-corrected chi connectivity index (χ0v) is 13.4. The van der Waals surface area contributed by atoms with Gasteiger partial charge < -0.3 is 10.1 Å². The van der Waals surface area contributed by atoms with Crippen LogP contribution in [-0.2, 0) is 6.54 Å². The van der Waals surface area contributed by atoms with Crippen LogP contribution >= 0.6 is 0 Å². The molecule has 112 valence electrons. The van der Waals surface area contributed by atoms with Crippen molar-refractivity contribution in [2.24, 2.45) is 0 Å².